The van der Waals surface area contributed by atoms with Gasteiger partial charge in [0.2, 0.25) is 31.9 Å². The van der Waals surface area contributed by atoms with Crippen LogP contribution in [0.1, 0.15) is 41.5 Å². The van der Waals surface area contributed by atoms with Gasteiger partial charge < -0.3 is 43.5 Å². The highest BCUT2D eigenvalue weighted by atomic mass is 32.2. The van der Waals surface area contributed by atoms with Crippen molar-refractivity contribution in [2.45, 2.75) is 41.5 Å². The number of Topliss-reactive ketones (excluding diaryl/α,β-unsaturated/α-hetero) is 1. The Labute approximate surface area is 443 Å². The summed E-state index contributed by atoms with van der Waals surface area (Å²) in [6.45, 7) is 41.8. The molecule has 0 aromatic heterocycles. The van der Waals surface area contributed by atoms with E-state index in [1.54, 1.807) is 40.7 Å². The van der Waals surface area contributed by atoms with Gasteiger partial charge in [-0.3, -0.25) is 23.4 Å². The van der Waals surface area contributed by atoms with Crippen molar-refractivity contribution < 1.29 is 82.3 Å². The van der Waals surface area contributed by atoms with Crippen LogP contribution in [0, 0.1) is 0 Å². The summed E-state index contributed by atoms with van der Waals surface area (Å²) in [5.41, 5.74) is 0. The number of rotatable bonds is 2. The molecule has 27 heteroatoms. The fourth-order valence-corrected chi connectivity index (χ4v) is 0.0833. The van der Waals surface area contributed by atoms with Crippen LogP contribution < -0.4 is 0 Å². The first-order valence-corrected chi connectivity index (χ1v) is 27.2. The van der Waals surface area contributed by atoms with Crippen LogP contribution >= 0.6 is 0 Å². The minimum atomic E-state index is -2.91. The van der Waals surface area contributed by atoms with Crippen LogP contribution in [-0.2, 0) is 83.6 Å². The monoisotopic (exact) mass is 1130 g/mol. The Morgan fingerprint density at radius 3 is 0.528 bits per heavy atom. The number of ether oxygens (including phenoxy) is 4. The first kappa shape index (κ1) is 117. The van der Waals surface area contributed by atoms with Gasteiger partial charge in [0, 0.05) is 120 Å². The highest BCUT2D eigenvalue weighted by Crippen LogP contribution is 1.83. The van der Waals surface area contributed by atoms with Crippen LogP contribution in [-0.4, -0.2) is 237 Å². The Kier molecular flexibility index (Phi) is 155. The van der Waals surface area contributed by atoms with Gasteiger partial charge >= 0.3 is 18.1 Å². The summed E-state index contributed by atoms with van der Waals surface area (Å²) in [7, 11) is 15.0. The number of esters is 2. The molecule has 23 nitrogen and oxygen atoms in total. The molecule has 2 amide bonds. The molecule has 1 N–H and O–H groups in total. The zero-order valence-corrected chi connectivity index (χ0v) is 52.9. The van der Waals surface area contributed by atoms with Crippen molar-refractivity contribution in [2.24, 2.45) is 0 Å². The lowest BCUT2D eigenvalue weighted by Crippen LogP contribution is -2.19. The Bertz CT molecular complexity index is 1420. The quantitative estimate of drug-likeness (QED) is 0.163. The molecule has 442 valence electrons. The van der Waals surface area contributed by atoms with Gasteiger partial charge in [-0.25, -0.2) is 38.7 Å². The number of hydrogen-bond acceptors (Lipinski definition) is 19. The van der Waals surface area contributed by atoms with Crippen LogP contribution in [0.15, 0.2) is 78.6 Å². The van der Waals surface area contributed by atoms with E-state index in [9.17, 15) is 58.2 Å². The molecule has 0 unspecified atom stereocenters. The maximum Gasteiger partial charge on any atom is 0.507 e. The van der Waals surface area contributed by atoms with Crippen LogP contribution in [0.5, 0.6) is 0 Å². The summed E-state index contributed by atoms with van der Waals surface area (Å²) in [4.78, 5) is 63.6. The maximum atomic E-state index is 10.3. The lowest BCUT2D eigenvalue weighted by Gasteiger charge is -2.02. The molecular weight excluding hydrogens is 1030 g/mol. The Hall–Kier alpha value is -5.06. The first-order chi connectivity index (χ1) is 32.1. The van der Waals surface area contributed by atoms with E-state index >= 15 is 0 Å². The Balaban J connectivity index is -0.0000000302. The minimum absolute atomic E-state index is 0.0926. The van der Waals surface area contributed by atoms with E-state index < -0.39 is 46.8 Å². The largest absolute Gasteiger partial charge is 0.516 e. The molecule has 0 aromatic rings. The molecule has 0 atom stereocenters. The van der Waals surface area contributed by atoms with Crippen LogP contribution in [0.3, 0.4) is 0 Å². The average molecular weight is 1130 g/mol. The third-order valence-electron chi connectivity index (χ3n) is 3.49. The second-order valence-corrected chi connectivity index (χ2v) is 20.4. The SMILES string of the molecule is C=C.C=C.C=C.C=C.C=C.C=CO.CC(=O)N(C)C.CC(=O)N(C)C.CC(C)=O.CN(C)C.CN(C)S(C)(=O)=O.CN(C)S(C)(=O)=O.COC(=O)OC.COC(C)=O.COC(C)=O.CS(C)(=O)=O.CS(C)=O. The van der Waals surface area contributed by atoms with Crippen molar-refractivity contribution >= 4 is 76.4 Å². The summed E-state index contributed by atoms with van der Waals surface area (Å²) >= 11 is 0. The molecule has 0 radical (unpaired) electrons. The number of aliphatic hydroxyl groups is 1. The van der Waals surface area contributed by atoms with Gasteiger partial charge in [0.15, 0.2) is 0 Å². The van der Waals surface area contributed by atoms with E-state index in [1.165, 1.54) is 108 Å². The van der Waals surface area contributed by atoms with Crippen LogP contribution in [0.4, 0.5) is 4.79 Å². The predicted molar refractivity (Wildman–Crippen MR) is 306 cm³/mol. The van der Waals surface area contributed by atoms with E-state index in [0.717, 1.165) is 39.9 Å². The highest BCUT2D eigenvalue weighted by Gasteiger charge is 2.01. The van der Waals surface area contributed by atoms with Gasteiger partial charge in [-0.05, 0) is 35.0 Å². The van der Waals surface area contributed by atoms with E-state index in [4.69, 9.17) is 5.11 Å². The number of hydrogen-bond donors (Lipinski definition) is 1. The van der Waals surface area contributed by atoms with Crippen molar-refractivity contribution in [3.05, 3.63) is 78.6 Å². The van der Waals surface area contributed by atoms with Gasteiger partial charge in [-0.1, -0.05) is 6.58 Å². The number of carbonyl (C=O) groups excluding carboxylic acids is 6. The molecule has 0 aliphatic carbocycles. The van der Waals surface area contributed by atoms with Gasteiger partial charge in [-0.15, -0.1) is 65.8 Å². The van der Waals surface area contributed by atoms with Gasteiger partial charge in [0.1, 0.15) is 15.6 Å². The van der Waals surface area contributed by atoms with Crippen molar-refractivity contribution in [1.82, 2.24) is 23.3 Å². The zero-order valence-electron chi connectivity index (χ0n) is 49.6. The van der Waals surface area contributed by atoms with Crippen LogP contribution in [0.2, 0.25) is 0 Å². The zero-order chi connectivity index (χ0) is 64.0. The van der Waals surface area contributed by atoms with Crippen molar-refractivity contribution in [3.8, 4) is 0 Å². The van der Waals surface area contributed by atoms with Crippen molar-refractivity contribution in [2.75, 3.05) is 143 Å². The van der Waals surface area contributed by atoms with Gasteiger partial charge in [0.05, 0.1) is 47.2 Å². The lowest BCUT2D eigenvalue weighted by molar-refractivity contribution is -0.138. The van der Waals surface area contributed by atoms with E-state index in [2.05, 4.69) is 91.3 Å². The lowest BCUT2D eigenvalue weighted by atomic mass is 10.6. The predicted octanol–water partition coefficient (Wildman–Crippen LogP) is 5.09. The van der Waals surface area contributed by atoms with E-state index in [1.807, 2.05) is 26.0 Å². The Morgan fingerprint density at radius 2 is 0.528 bits per heavy atom. The van der Waals surface area contributed by atoms with Gasteiger partial charge in [0.25, 0.3) is 0 Å². The number of amides is 2. The fraction of sp³-hybridized carbons (Fsp3) is 0.600. The van der Waals surface area contributed by atoms with Crippen molar-refractivity contribution in [1.29, 1.82) is 0 Å². The molecule has 0 rings (SSSR count). The van der Waals surface area contributed by atoms with E-state index in [-0.39, 0.29) is 29.5 Å². The second kappa shape index (κ2) is 95.6. The minimum Gasteiger partial charge on any atom is -0.516 e. The third-order valence-corrected chi connectivity index (χ3v) is 6.15. The molecule has 0 bridgehead atoms. The third kappa shape index (κ3) is 505. The molecule has 0 aromatic carbocycles. The Morgan fingerprint density at radius 1 is 0.458 bits per heavy atom. The van der Waals surface area contributed by atoms with Crippen LogP contribution in [0.25, 0.3) is 0 Å². The molecule has 0 saturated heterocycles. The molecule has 0 spiro atoms. The molecular formula is C45H105N5O18S4. The molecule has 0 aliphatic rings. The summed E-state index contributed by atoms with van der Waals surface area (Å²) in [6, 6.07) is 0. The van der Waals surface area contributed by atoms with E-state index in [0.29, 0.717) is 0 Å². The summed E-state index contributed by atoms with van der Waals surface area (Å²) in [6.07, 6.45) is 8.01. The molecule has 0 aliphatic heterocycles. The average Bonchev–Trinajstić information content (AvgIpc) is 3.23. The molecule has 0 heterocycles. The number of ketones is 1. The molecule has 72 heavy (non-hydrogen) atoms. The number of nitrogens with zero attached hydrogens (tertiary/aromatic N) is 5. The smallest absolute Gasteiger partial charge is 0.507 e. The van der Waals surface area contributed by atoms with Gasteiger partial charge in [-0.2, -0.15) is 0 Å². The first-order valence-electron chi connectivity index (χ1n) is 19.2. The normalized spacial score (nSPS) is 7.88. The summed E-state index contributed by atoms with van der Waals surface area (Å²) in [5, 5.41) is 7.33. The summed E-state index contributed by atoms with van der Waals surface area (Å²) < 4.78 is 88.5. The number of methoxy groups -OCH3 is 4. The number of carbonyl (C=O) groups is 6. The number of sulfone groups is 1. The molecule has 0 fully saturated rings. The summed E-state index contributed by atoms with van der Waals surface area (Å²) in [5.74, 6) is -0.139. The standard InChI is InChI=1S/2C4H9NO.2C3H9NO2S.C3H9N.C3H6O3.2C3H6O2.C3H6O.C2H6O2S.C2H6OS.C2H4O.5C2H4/c2*1-4(6)5(2)3;2*1-4(2)7(3,5)6;1-4(2)3;1-5-3(4)6-2;2*1-3(4)5-2;1-3(2)4;1-5(2,3)4;1-4(2)3;1-2-3;5*1-2/h2*1-3H3;2*1-3H3;1-3H3;1-2H3;2*1-2H3;1-2H3;1-2H3;1-2H3;2-3H,1H2;5*1-2H2. The highest BCUT2D eigenvalue weighted by molar-refractivity contribution is 7.90. The number of aliphatic hydroxyl groups excluding tert-OH is 1. The number of sulfonamides is 2. The maximum absolute atomic E-state index is 10.3. The topological polar surface area (TPSA) is 295 Å². The second-order valence-electron chi connectivity index (χ2n) is 12.3. The van der Waals surface area contributed by atoms with Crippen molar-refractivity contribution in [3.63, 3.8) is 0 Å². The molecule has 0 saturated carbocycles. The fourth-order valence-electron chi connectivity index (χ4n) is 0.0833.